The lowest BCUT2D eigenvalue weighted by Crippen LogP contribution is -2.46. The first-order chi connectivity index (χ1) is 15.7. The highest BCUT2D eigenvalue weighted by atomic mass is 35.5. The fourth-order valence-corrected chi connectivity index (χ4v) is 6.38. The highest BCUT2D eigenvalue weighted by Gasteiger charge is 2.27. The fourth-order valence-electron chi connectivity index (χ4n) is 5.07. The molecule has 0 atom stereocenters. The monoisotopic (exact) mass is 543 g/mol. The van der Waals surface area contributed by atoms with Gasteiger partial charge in [-0.05, 0) is 82.4 Å². The van der Waals surface area contributed by atoms with Crippen molar-refractivity contribution in [3.05, 3.63) is 53.1 Å². The molecule has 0 aliphatic carbocycles. The molecule has 35 heavy (non-hydrogen) atoms. The van der Waals surface area contributed by atoms with Gasteiger partial charge in [-0.3, -0.25) is 4.72 Å². The molecular weight excluding hydrogens is 509 g/mol. The lowest BCUT2D eigenvalue weighted by atomic mass is 9.99. The molecule has 2 aromatic carbocycles. The van der Waals surface area contributed by atoms with E-state index in [2.05, 4.69) is 14.5 Å². The molecule has 0 unspecified atom stereocenters. The normalized spacial score (nSPS) is 17.3. The van der Waals surface area contributed by atoms with E-state index in [0.29, 0.717) is 11.6 Å². The molecule has 194 valence electrons. The van der Waals surface area contributed by atoms with Gasteiger partial charge in [0, 0.05) is 24.8 Å². The average molecular weight is 545 g/mol. The summed E-state index contributed by atoms with van der Waals surface area (Å²) in [7, 11) is -3.91. The van der Waals surface area contributed by atoms with E-state index in [-0.39, 0.29) is 41.0 Å². The van der Waals surface area contributed by atoms with Gasteiger partial charge in [0.15, 0.2) is 0 Å². The van der Waals surface area contributed by atoms with Crippen LogP contribution in [0.5, 0.6) is 0 Å². The molecule has 0 spiro atoms. The molecule has 4 rings (SSSR count). The summed E-state index contributed by atoms with van der Waals surface area (Å²) in [6, 6.07) is 10.6. The van der Waals surface area contributed by atoms with Crippen LogP contribution >= 0.6 is 24.8 Å². The minimum Gasteiger partial charge on any atom is -0.478 e. The van der Waals surface area contributed by atoms with E-state index in [4.69, 9.17) is 0 Å². The first kappa shape index (κ1) is 29.2. The maximum atomic E-state index is 13.0. The Morgan fingerprint density at radius 3 is 2.20 bits per heavy atom. The largest absolute Gasteiger partial charge is 0.478 e. The topological polar surface area (TPSA) is 90.0 Å². The Hall–Kier alpha value is -2.00. The molecular formula is C25H35Cl2N3O4S. The summed E-state index contributed by atoms with van der Waals surface area (Å²) in [5.41, 5.74) is 2.44. The van der Waals surface area contributed by atoms with Crippen LogP contribution in [0.15, 0.2) is 41.3 Å². The number of piperidine rings is 2. The number of hydrogen-bond donors (Lipinski definition) is 2. The zero-order valence-corrected chi connectivity index (χ0v) is 22.6. The highest BCUT2D eigenvalue weighted by Crippen LogP contribution is 2.30. The van der Waals surface area contributed by atoms with Gasteiger partial charge < -0.3 is 14.9 Å². The number of nitrogens with zero attached hydrogens (tertiary/aromatic N) is 2. The number of hydrogen-bond acceptors (Lipinski definition) is 5. The second kappa shape index (κ2) is 12.3. The van der Waals surface area contributed by atoms with Crippen molar-refractivity contribution in [2.45, 2.75) is 56.9 Å². The number of benzene rings is 2. The molecule has 7 nitrogen and oxygen atoms in total. The molecule has 2 fully saturated rings. The van der Waals surface area contributed by atoms with E-state index < -0.39 is 16.0 Å². The number of carboxylic acids is 1. The average Bonchev–Trinajstić information content (AvgIpc) is 2.79. The van der Waals surface area contributed by atoms with E-state index in [1.165, 1.54) is 32.4 Å². The zero-order valence-electron chi connectivity index (χ0n) is 20.2. The Labute approximate surface area is 220 Å². The smallest absolute Gasteiger partial charge is 0.337 e. The van der Waals surface area contributed by atoms with Gasteiger partial charge in [0.25, 0.3) is 10.0 Å². The van der Waals surface area contributed by atoms with Gasteiger partial charge in [0.1, 0.15) is 0 Å². The third-order valence-electron chi connectivity index (χ3n) is 6.83. The molecule has 0 aromatic heterocycles. The number of anilines is 2. The molecule has 2 N–H and O–H groups in total. The minimum atomic E-state index is -3.91. The molecule has 2 aromatic rings. The predicted molar refractivity (Wildman–Crippen MR) is 145 cm³/mol. The summed E-state index contributed by atoms with van der Waals surface area (Å²) in [5, 5.41) is 9.80. The van der Waals surface area contributed by atoms with Gasteiger partial charge in [0.05, 0.1) is 16.1 Å². The molecule has 0 amide bonds. The van der Waals surface area contributed by atoms with Crippen LogP contribution in [0.2, 0.25) is 0 Å². The molecule has 2 heterocycles. The lowest BCUT2D eigenvalue weighted by Gasteiger charge is -2.41. The van der Waals surface area contributed by atoms with Gasteiger partial charge in [-0.25, -0.2) is 13.2 Å². The SMILES string of the molecule is Cc1ccc(S(=O)(=O)Nc2ccc(N3CCC(N4CCCCC4)CC3)cc2C(=O)O)c(C)c1.Cl.Cl. The van der Waals surface area contributed by atoms with Crippen molar-refractivity contribution in [2.24, 2.45) is 0 Å². The Bertz CT molecular complexity index is 1130. The number of aryl methyl sites for hydroxylation is 2. The minimum absolute atomic E-state index is 0. The van der Waals surface area contributed by atoms with Gasteiger partial charge in [-0.1, -0.05) is 24.1 Å². The Kier molecular flexibility index (Phi) is 10.3. The molecule has 2 aliphatic rings. The van der Waals surface area contributed by atoms with E-state index in [0.717, 1.165) is 37.2 Å². The molecule has 2 saturated heterocycles. The summed E-state index contributed by atoms with van der Waals surface area (Å²) < 4.78 is 28.4. The zero-order chi connectivity index (χ0) is 23.6. The second-order valence-electron chi connectivity index (χ2n) is 9.22. The summed E-state index contributed by atoms with van der Waals surface area (Å²) in [6.45, 7) is 7.73. The van der Waals surface area contributed by atoms with Crippen LogP contribution in [0.3, 0.4) is 0 Å². The fraction of sp³-hybridized carbons (Fsp3) is 0.480. The van der Waals surface area contributed by atoms with E-state index in [1.807, 2.05) is 13.0 Å². The van der Waals surface area contributed by atoms with E-state index >= 15 is 0 Å². The number of aromatic carboxylic acids is 1. The molecule has 2 aliphatic heterocycles. The van der Waals surface area contributed by atoms with Crippen molar-refractivity contribution < 1.29 is 18.3 Å². The van der Waals surface area contributed by atoms with Gasteiger partial charge in [0.2, 0.25) is 0 Å². The Morgan fingerprint density at radius 2 is 1.60 bits per heavy atom. The summed E-state index contributed by atoms with van der Waals surface area (Å²) in [5.74, 6) is -1.15. The maximum Gasteiger partial charge on any atom is 0.337 e. The van der Waals surface area contributed by atoms with Crippen molar-refractivity contribution in [1.29, 1.82) is 0 Å². The molecule has 0 bridgehead atoms. The van der Waals surface area contributed by atoms with Crippen molar-refractivity contribution in [1.82, 2.24) is 4.90 Å². The molecule has 0 radical (unpaired) electrons. The maximum absolute atomic E-state index is 13.0. The summed E-state index contributed by atoms with van der Waals surface area (Å²) >= 11 is 0. The number of halogens is 2. The number of likely N-dealkylation sites (tertiary alicyclic amines) is 1. The predicted octanol–water partition coefficient (Wildman–Crippen LogP) is 5.10. The first-order valence-corrected chi connectivity index (χ1v) is 13.2. The first-order valence-electron chi connectivity index (χ1n) is 11.7. The van der Waals surface area contributed by atoms with Gasteiger partial charge in [-0.15, -0.1) is 24.8 Å². The van der Waals surface area contributed by atoms with E-state index in [1.54, 1.807) is 37.3 Å². The third-order valence-corrected chi connectivity index (χ3v) is 8.36. The number of sulfonamides is 1. The van der Waals surface area contributed by atoms with Crippen molar-refractivity contribution in [2.75, 3.05) is 35.8 Å². The van der Waals surface area contributed by atoms with Crippen LogP contribution in [-0.4, -0.2) is 56.6 Å². The molecule has 10 heteroatoms. The lowest BCUT2D eigenvalue weighted by molar-refractivity contribution is 0.0698. The summed E-state index contributed by atoms with van der Waals surface area (Å²) in [6.07, 6.45) is 6.00. The van der Waals surface area contributed by atoms with Crippen molar-refractivity contribution in [3.8, 4) is 0 Å². The van der Waals surface area contributed by atoms with Crippen LogP contribution in [0, 0.1) is 13.8 Å². The van der Waals surface area contributed by atoms with Gasteiger partial charge >= 0.3 is 5.97 Å². The quantitative estimate of drug-likeness (QED) is 0.526. The van der Waals surface area contributed by atoms with Gasteiger partial charge in [-0.2, -0.15) is 0 Å². The second-order valence-corrected chi connectivity index (χ2v) is 10.9. The highest BCUT2D eigenvalue weighted by molar-refractivity contribution is 7.92. The summed E-state index contributed by atoms with van der Waals surface area (Å²) in [4.78, 5) is 16.9. The van der Waals surface area contributed by atoms with Crippen LogP contribution in [-0.2, 0) is 10.0 Å². The van der Waals surface area contributed by atoms with Crippen molar-refractivity contribution in [3.63, 3.8) is 0 Å². The van der Waals surface area contributed by atoms with E-state index in [9.17, 15) is 18.3 Å². The number of nitrogens with one attached hydrogen (secondary N) is 1. The third kappa shape index (κ3) is 6.82. The molecule has 0 saturated carbocycles. The van der Waals surface area contributed by atoms with Crippen LogP contribution < -0.4 is 9.62 Å². The Balaban J connectivity index is 0.00000216. The van der Waals surface area contributed by atoms with Crippen LogP contribution in [0.4, 0.5) is 11.4 Å². The Morgan fingerprint density at radius 1 is 0.943 bits per heavy atom. The number of rotatable bonds is 6. The van der Waals surface area contributed by atoms with Crippen molar-refractivity contribution >= 4 is 52.2 Å². The standard InChI is InChI=1S/C25H33N3O4S.2ClH/c1-18-6-9-24(19(2)16-18)33(31,32)26-23-8-7-21(17-22(23)25(29)30)28-14-10-20(11-15-28)27-12-4-3-5-13-27;;/h6-9,16-17,20,26H,3-5,10-15H2,1-2H3,(H,29,30);2*1H. The van der Waals surface area contributed by atoms with Crippen LogP contribution in [0.25, 0.3) is 0 Å². The van der Waals surface area contributed by atoms with Crippen LogP contribution in [0.1, 0.15) is 53.6 Å². The number of carboxylic acid groups (broad SMARTS) is 1. The number of carbonyl (C=O) groups is 1.